The van der Waals surface area contributed by atoms with Crippen LogP contribution in [0.25, 0.3) is 11.4 Å². The van der Waals surface area contributed by atoms with E-state index in [-0.39, 0.29) is 12.0 Å². The SMILES string of the molecule is CCOc1cc(C)nc(NCc2c(-c3ccc(O[C@H]4CCC[C@H](C(=O)O)C4)c(C)n3)nnn2C)n1. The Balaban J connectivity index is 1.48. The number of pyridine rings is 1. The van der Waals surface area contributed by atoms with Crippen molar-refractivity contribution in [2.45, 2.75) is 59.1 Å². The van der Waals surface area contributed by atoms with Crippen molar-refractivity contribution in [3.8, 4) is 23.0 Å². The quantitative estimate of drug-likeness (QED) is 0.468. The number of aryl methyl sites for hydroxylation is 3. The predicted octanol–water partition coefficient (Wildman–Crippen LogP) is 3.32. The van der Waals surface area contributed by atoms with Gasteiger partial charge in [0.05, 0.1) is 42.3 Å². The summed E-state index contributed by atoms with van der Waals surface area (Å²) in [5, 5.41) is 21.1. The number of ether oxygens (including phenoxy) is 2. The van der Waals surface area contributed by atoms with Crippen molar-refractivity contribution >= 4 is 11.9 Å². The molecule has 4 rings (SSSR count). The third-order valence-electron chi connectivity index (χ3n) is 6.03. The molecule has 11 nitrogen and oxygen atoms in total. The van der Waals surface area contributed by atoms with E-state index in [4.69, 9.17) is 14.5 Å². The summed E-state index contributed by atoms with van der Waals surface area (Å²) >= 11 is 0. The van der Waals surface area contributed by atoms with Crippen molar-refractivity contribution in [2.75, 3.05) is 11.9 Å². The third-order valence-corrected chi connectivity index (χ3v) is 6.03. The molecular weight excluding hydrogens is 450 g/mol. The average Bonchev–Trinajstić information content (AvgIpc) is 3.19. The van der Waals surface area contributed by atoms with Crippen LogP contribution in [0.1, 0.15) is 49.7 Å². The molecule has 0 amide bonds. The smallest absolute Gasteiger partial charge is 0.306 e. The summed E-state index contributed by atoms with van der Waals surface area (Å²) in [6.07, 6.45) is 2.79. The Morgan fingerprint density at radius 1 is 1.23 bits per heavy atom. The van der Waals surface area contributed by atoms with Crippen LogP contribution in [0.4, 0.5) is 5.95 Å². The van der Waals surface area contributed by atoms with Gasteiger partial charge in [-0.05, 0) is 58.6 Å². The molecular formula is C24H31N7O4. The Morgan fingerprint density at radius 3 is 2.80 bits per heavy atom. The summed E-state index contributed by atoms with van der Waals surface area (Å²) < 4.78 is 13.3. The minimum atomic E-state index is -0.752. The predicted molar refractivity (Wildman–Crippen MR) is 128 cm³/mol. The van der Waals surface area contributed by atoms with E-state index in [1.807, 2.05) is 40.0 Å². The number of hydrogen-bond acceptors (Lipinski definition) is 9. The summed E-state index contributed by atoms with van der Waals surface area (Å²) in [4.78, 5) is 24.9. The molecule has 1 fully saturated rings. The molecule has 3 aromatic rings. The molecule has 0 radical (unpaired) electrons. The molecule has 2 N–H and O–H groups in total. The standard InChI is InChI=1S/C24H31N7O4/c1-5-34-21-11-14(2)26-24(28-21)25-13-19-22(29-30-31(19)4)18-9-10-20(15(3)27-18)35-17-8-6-7-16(12-17)23(32)33/h9-11,16-17H,5-8,12-13H2,1-4H3,(H,32,33)(H,25,26,28)/t16-,17-/m0/s1. The number of aromatic nitrogens is 6. The maximum absolute atomic E-state index is 11.4. The maximum Gasteiger partial charge on any atom is 0.306 e. The van der Waals surface area contributed by atoms with Crippen molar-refractivity contribution in [1.29, 1.82) is 0 Å². The molecule has 1 aliphatic rings. The molecule has 1 aliphatic carbocycles. The molecule has 0 aliphatic heterocycles. The Kier molecular flexibility index (Phi) is 7.42. The fourth-order valence-electron chi connectivity index (χ4n) is 4.24. The van der Waals surface area contributed by atoms with Crippen LogP contribution in [0, 0.1) is 19.8 Å². The zero-order valence-electron chi connectivity index (χ0n) is 20.5. The van der Waals surface area contributed by atoms with Gasteiger partial charge < -0.3 is 19.9 Å². The number of carboxylic acids is 1. The minimum absolute atomic E-state index is 0.122. The molecule has 2 atom stereocenters. The van der Waals surface area contributed by atoms with Crippen LogP contribution in [0.15, 0.2) is 18.2 Å². The van der Waals surface area contributed by atoms with Crippen LogP contribution in [0.2, 0.25) is 0 Å². The lowest BCUT2D eigenvalue weighted by atomic mass is 9.87. The lowest BCUT2D eigenvalue weighted by Gasteiger charge is -2.27. The van der Waals surface area contributed by atoms with E-state index in [9.17, 15) is 9.90 Å². The van der Waals surface area contributed by atoms with Gasteiger partial charge in [-0.3, -0.25) is 4.79 Å². The van der Waals surface area contributed by atoms with E-state index in [0.29, 0.717) is 60.7 Å². The van der Waals surface area contributed by atoms with Gasteiger partial charge in [0, 0.05) is 18.8 Å². The topological polar surface area (TPSA) is 137 Å². The summed E-state index contributed by atoms with van der Waals surface area (Å²) in [5.41, 5.74) is 3.66. The number of rotatable bonds is 9. The first kappa shape index (κ1) is 24.4. The monoisotopic (exact) mass is 481 g/mol. The molecule has 186 valence electrons. The van der Waals surface area contributed by atoms with E-state index >= 15 is 0 Å². The lowest BCUT2D eigenvalue weighted by molar-refractivity contribution is -0.143. The highest BCUT2D eigenvalue weighted by atomic mass is 16.5. The van der Waals surface area contributed by atoms with Gasteiger partial charge >= 0.3 is 5.97 Å². The summed E-state index contributed by atoms with van der Waals surface area (Å²) in [5.74, 6) is 0.535. The molecule has 3 aromatic heterocycles. The number of anilines is 1. The van der Waals surface area contributed by atoms with Gasteiger partial charge in [0.15, 0.2) is 0 Å². The van der Waals surface area contributed by atoms with Gasteiger partial charge in [-0.1, -0.05) is 5.21 Å². The van der Waals surface area contributed by atoms with E-state index < -0.39 is 5.97 Å². The number of carbonyl (C=O) groups is 1. The van der Waals surface area contributed by atoms with E-state index in [1.165, 1.54) is 0 Å². The fraction of sp³-hybridized carbons (Fsp3) is 0.500. The van der Waals surface area contributed by atoms with Crippen LogP contribution in [0.3, 0.4) is 0 Å². The van der Waals surface area contributed by atoms with Gasteiger partial charge in [-0.15, -0.1) is 5.10 Å². The van der Waals surface area contributed by atoms with Gasteiger partial charge in [-0.2, -0.15) is 4.98 Å². The van der Waals surface area contributed by atoms with Crippen LogP contribution in [-0.2, 0) is 18.4 Å². The first-order chi connectivity index (χ1) is 16.8. The third kappa shape index (κ3) is 5.84. The van der Waals surface area contributed by atoms with Crippen LogP contribution in [0.5, 0.6) is 11.6 Å². The normalized spacial score (nSPS) is 17.7. The molecule has 35 heavy (non-hydrogen) atoms. The molecule has 3 heterocycles. The number of carboxylic acid groups (broad SMARTS) is 1. The number of hydrogen-bond donors (Lipinski definition) is 2. The van der Waals surface area contributed by atoms with Gasteiger partial charge in [0.2, 0.25) is 11.8 Å². The van der Waals surface area contributed by atoms with Gasteiger partial charge in [0.1, 0.15) is 11.4 Å². The second-order valence-corrected chi connectivity index (χ2v) is 8.69. The lowest BCUT2D eigenvalue weighted by Crippen LogP contribution is -2.29. The van der Waals surface area contributed by atoms with Crippen LogP contribution < -0.4 is 14.8 Å². The van der Waals surface area contributed by atoms with E-state index in [2.05, 4.69) is 25.6 Å². The van der Waals surface area contributed by atoms with Crippen molar-refractivity contribution < 1.29 is 19.4 Å². The van der Waals surface area contributed by atoms with Crippen molar-refractivity contribution in [1.82, 2.24) is 29.9 Å². The van der Waals surface area contributed by atoms with Crippen molar-refractivity contribution in [2.24, 2.45) is 13.0 Å². The molecule has 0 unspecified atom stereocenters. The molecule has 11 heteroatoms. The second-order valence-electron chi connectivity index (χ2n) is 8.69. The maximum atomic E-state index is 11.4. The average molecular weight is 482 g/mol. The number of aliphatic carboxylic acids is 1. The highest BCUT2D eigenvalue weighted by molar-refractivity contribution is 5.70. The Hall–Kier alpha value is -3.76. The van der Waals surface area contributed by atoms with E-state index in [1.54, 1.807) is 10.7 Å². The van der Waals surface area contributed by atoms with Gasteiger partial charge in [-0.25, -0.2) is 14.6 Å². The first-order valence-corrected chi connectivity index (χ1v) is 11.8. The summed E-state index contributed by atoms with van der Waals surface area (Å²) in [7, 11) is 1.82. The van der Waals surface area contributed by atoms with Crippen molar-refractivity contribution in [3.63, 3.8) is 0 Å². The Bertz CT molecular complexity index is 1200. The first-order valence-electron chi connectivity index (χ1n) is 11.8. The highest BCUT2D eigenvalue weighted by Crippen LogP contribution is 2.30. The molecule has 0 aromatic carbocycles. The second kappa shape index (κ2) is 10.7. The van der Waals surface area contributed by atoms with Crippen LogP contribution >= 0.6 is 0 Å². The molecule has 1 saturated carbocycles. The van der Waals surface area contributed by atoms with Crippen molar-refractivity contribution in [3.05, 3.63) is 35.3 Å². The Labute approximate surface area is 203 Å². The molecule has 0 bridgehead atoms. The molecule has 0 spiro atoms. The number of nitrogens with zero attached hydrogens (tertiary/aromatic N) is 6. The Morgan fingerprint density at radius 2 is 2.06 bits per heavy atom. The zero-order chi connectivity index (χ0) is 24.9. The zero-order valence-corrected chi connectivity index (χ0v) is 20.5. The molecule has 0 saturated heterocycles. The summed E-state index contributed by atoms with van der Waals surface area (Å²) in [6, 6.07) is 5.51. The number of nitrogens with one attached hydrogen (secondary N) is 1. The summed E-state index contributed by atoms with van der Waals surface area (Å²) in [6.45, 7) is 6.59. The minimum Gasteiger partial charge on any atom is -0.489 e. The largest absolute Gasteiger partial charge is 0.489 e. The van der Waals surface area contributed by atoms with Gasteiger partial charge in [0.25, 0.3) is 0 Å². The highest BCUT2D eigenvalue weighted by Gasteiger charge is 2.28. The van der Waals surface area contributed by atoms with E-state index in [0.717, 1.165) is 24.2 Å². The fourth-order valence-corrected chi connectivity index (χ4v) is 4.24. The van der Waals surface area contributed by atoms with Crippen LogP contribution in [-0.4, -0.2) is 53.7 Å².